The lowest BCUT2D eigenvalue weighted by Gasteiger charge is -2.42. The first kappa shape index (κ1) is 27.9. The molecule has 1 aliphatic rings. The number of esters is 1. The van der Waals surface area contributed by atoms with Crippen molar-refractivity contribution in [3.63, 3.8) is 0 Å². The highest BCUT2D eigenvalue weighted by molar-refractivity contribution is 6.74. The lowest BCUT2D eigenvalue weighted by Crippen LogP contribution is -2.55. The Kier molecular flexibility index (Phi) is 8.65. The number of benzene rings is 1. The highest BCUT2D eigenvalue weighted by atomic mass is 28.4. The van der Waals surface area contributed by atoms with Crippen molar-refractivity contribution in [3.8, 4) is 5.75 Å². The first-order chi connectivity index (χ1) is 15.5. The summed E-state index contributed by atoms with van der Waals surface area (Å²) in [6, 6.07) is 4.61. The first-order valence-corrected chi connectivity index (χ1v) is 14.4. The maximum absolute atomic E-state index is 12.1. The number of nitro groups is 1. The zero-order chi connectivity index (χ0) is 26.0. The van der Waals surface area contributed by atoms with E-state index in [-0.39, 0.29) is 40.7 Å². The predicted molar refractivity (Wildman–Crippen MR) is 129 cm³/mol. The lowest BCUT2D eigenvalue weighted by molar-refractivity contribution is -0.386. The molecule has 0 saturated carbocycles. The van der Waals surface area contributed by atoms with Crippen molar-refractivity contribution in [3.05, 3.63) is 33.9 Å². The Bertz CT molecular complexity index is 926. The zero-order valence-corrected chi connectivity index (χ0v) is 22.5. The molecule has 34 heavy (non-hydrogen) atoms. The van der Waals surface area contributed by atoms with Crippen molar-refractivity contribution in [2.75, 3.05) is 0 Å². The van der Waals surface area contributed by atoms with Gasteiger partial charge in [0.1, 0.15) is 6.10 Å². The number of nitrogens with zero attached hydrogens (tertiary/aromatic N) is 1. The fourth-order valence-electron chi connectivity index (χ4n) is 3.58. The van der Waals surface area contributed by atoms with Gasteiger partial charge >= 0.3 is 11.7 Å². The fraction of sp³-hybridized carbons (Fsp3) is 0.667. The second kappa shape index (κ2) is 10.5. The van der Waals surface area contributed by atoms with Crippen LogP contribution in [0, 0.1) is 22.0 Å². The van der Waals surface area contributed by atoms with Crippen molar-refractivity contribution >= 4 is 25.8 Å². The van der Waals surface area contributed by atoms with E-state index in [1.54, 1.807) is 6.07 Å². The van der Waals surface area contributed by atoms with Crippen LogP contribution in [0.25, 0.3) is 0 Å². The average molecular weight is 496 g/mol. The minimum atomic E-state index is -2.04. The van der Waals surface area contributed by atoms with Crippen LogP contribution in [0.5, 0.6) is 5.75 Å². The molecule has 1 aromatic rings. The molecule has 2 rings (SSSR count). The zero-order valence-electron chi connectivity index (χ0n) is 21.5. The topological polar surface area (TPSA) is 114 Å². The number of hydrogen-bond acceptors (Lipinski definition) is 8. The minimum absolute atomic E-state index is 0.00706. The van der Waals surface area contributed by atoms with E-state index in [1.807, 2.05) is 13.8 Å². The molecule has 1 aliphatic heterocycles. The summed E-state index contributed by atoms with van der Waals surface area (Å²) in [6.45, 7) is 17.2. The summed E-state index contributed by atoms with van der Waals surface area (Å²) in [4.78, 5) is 35.1. The predicted octanol–water partition coefficient (Wildman–Crippen LogP) is 5.01. The largest absolute Gasteiger partial charge is 0.456 e. The minimum Gasteiger partial charge on any atom is -0.456 e. The van der Waals surface area contributed by atoms with Crippen molar-refractivity contribution in [1.82, 2.24) is 0 Å². The summed E-state index contributed by atoms with van der Waals surface area (Å²) >= 11 is 0. The fourth-order valence-corrected chi connectivity index (χ4v) is 4.55. The van der Waals surface area contributed by atoms with E-state index in [9.17, 15) is 19.7 Å². The van der Waals surface area contributed by atoms with Gasteiger partial charge in [0, 0.05) is 18.9 Å². The van der Waals surface area contributed by atoms with Crippen LogP contribution in [0.3, 0.4) is 0 Å². The number of ether oxygens (including phenoxy) is 3. The molecule has 1 aromatic carbocycles. The van der Waals surface area contributed by atoms with Crippen LogP contribution in [0.4, 0.5) is 5.69 Å². The van der Waals surface area contributed by atoms with Crippen LogP contribution in [0.1, 0.15) is 54.0 Å². The molecule has 0 spiro atoms. The highest BCUT2D eigenvalue weighted by Crippen LogP contribution is 2.39. The third kappa shape index (κ3) is 6.42. The Morgan fingerprint density at radius 3 is 2.26 bits per heavy atom. The van der Waals surface area contributed by atoms with Crippen LogP contribution >= 0.6 is 0 Å². The van der Waals surface area contributed by atoms with Gasteiger partial charge in [-0.3, -0.25) is 19.7 Å². The molecule has 0 aliphatic carbocycles. The van der Waals surface area contributed by atoms with Gasteiger partial charge in [-0.1, -0.05) is 40.7 Å². The Labute approximate surface area is 202 Å². The number of carbonyl (C=O) groups is 2. The molecular weight excluding hydrogens is 458 g/mol. The Morgan fingerprint density at radius 1 is 1.15 bits per heavy atom. The standard InChI is InChI=1S/C24H37NO8Si/c1-14-15(2)22(31-17(4)27)23(33-21(14)16(3)26)32-20-11-10-18(12-19(20)25(28)29)13-30-34(8,9)24(5,6)7/h10-12,14-15,21-23H,13H2,1-9H3/t14-,15-,21?,22?,23+/m0/s1. The number of rotatable bonds is 8. The van der Waals surface area contributed by atoms with Crippen LogP contribution in [0.15, 0.2) is 18.2 Å². The SMILES string of the molecule is CC(=O)OC1[C@H](Oc2ccc(CO[Si](C)(C)C(C)(C)C)cc2[N+](=O)[O-])OC(C(C)=O)[C@@H](C)[C@@H]1C. The third-order valence-electron chi connectivity index (χ3n) is 6.95. The van der Waals surface area contributed by atoms with Gasteiger partial charge in [-0.25, -0.2) is 0 Å². The molecular formula is C24H37NO8Si. The highest BCUT2D eigenvalue weighted by Gasteiger charge is 2.47. The average Bonchev–Trinajstić information content (AvgIpc) is 2.70. The van der Waals surface area contributed by atoms with Gasteiger partial charge in [-0.2, -0.15) is 0 Å². The molecule has 5 atom stereocenters. The number of Topliss-reactive ketones (excluding diaryl/α,β-unsaturated/α-hetero) is 1. The Balaban J connectivity index is 2.33. The molecule has 1 fully saturated rings. The van der Waals surface area contributed by atoms with Crippen molar-refractivity contribution in [2.45, 2.75) is 91.7 Å². The van der Waals surface area contributed by atoms with E-state index < -0.39 is 37.7 Å². The van der Waals surface area contributed by atoms with Gasteiger partial charge in [0.15, 0.2) is 26.0 Å². The normalized spacial score (nSPS) is 25.5. The summed E-state index contributed by atoms with van der Waals surface area (Å²) in [5.41, 5.74) is 0.390. The van der Waals surface area contributed by atoms with Gasteiger partial charge in [0.05, 0.1) is 11.5 Å². The number of carbonyl (C=O) groups excluding carboxylic acids is 2. The van der Waals surface area contributed by atoms with E-state index >= 15 is 0 Å². The van der Waals surface area contributed by atoms with E-state index in [2.05, 4.69) is 33.9 Å². The summed E-state index contributed by atoms with van der Waals surface area (Å²) < 4.78 is 23.4. The molecule has 0 bridgehead atoms. The molecule has 9 nitrogen and oxygen atoms in total. The van der Waals surface area contributed by atoms with Crippen molar-refractivity contribution in [2.24, 2.45) is 11.8 Å². The van der Waals surface area contributed by atoms with Gasteiger partial charge in [0.25, 0.3) is 0 Å². The number of hydrogen-bond donors (Lipinski definition) is 0. The monoisotopic (exact) mass is 495 g/mol. The molecule has 0 N–H and O–H groups in total. The smallest absolute Gasteiger partial charge is 0.311 e. The number of ketones is 1. The summed E-state index contributed by atoms with van der Waals surface area (Å²) in [5, 5.41) is 11.8. The summed E-state index contributed by atoms with van der Waals surface area (Å²) in [6.07, 6.45) is -2.77. The first-order valence-electron chi connectivity index (χ1n) is 11.5. The quantitative estimate of drug-likeness (QED) is 0.214. The van der Waals surface area contributed by atoms with E-state index in [0.717, 1.165) is 0 Å². The Morgan fingerprint density at radius 2 is 1.76 bits per heavy atom. The van der Waals surface area contributed by atoms with E-state index in [4.69, 9.17) is 18.6 Å². The van der Waals surface area contributed by atoms with Gasteiger partial charge in [-0.05, 0) is 42.6 Å². The second-order valence-electron chi connectivity index (χ2n) is 10.6. The molecule has 0 amide bonds. The maximum Gasteiger partial charge on any atom is 0.311 e. The van der Waals surface area contributed by atoms with Gasteiger partial charge in [-0.15, -0.1) is 0 Å². The second-order valence-corrected chi connectivity index (χ2v) is 15.4. The Hall–Kier alpha value is -2.30. The van der Waals surface area contributed by atoms with Crippen LogP contribution in [0.2, 0.25) is 18.1 Å². The summed E-state index contributed by atoms with van der Waals surface area (Å²) in [7, 11) is -2.04. The van der Waals surface area contributed by atoms with Gasteiger partial charge in [0.2, 0.25) is 6.29 Å². The van der Waals surface area contributed by atoms with Crippen LogP contribution in [-0.4, -0.2) is 43.5 Å². The molecule has 190 valence electrons. The molecule has 10 heteroatoms. The van der Waals surface area contributed by atoms with E-state index in [0.29, 0.717) is 5.56 Å². The van der Waals surface area contributed by atoms with Crippen LogP contribution < -0.4 is 4.74 Å². The summed E-state index contributed by atoms with van der Waals surface area (Å²) in [5.74, 6) is -1.26. The van der Waals surface area contributed by atoms with E-state index in [1.165, 1.54) is 26.0 Å². The lowest BCUT2D eigenvalue weighted by atomic mass is 9.82. The van der Waals surface area contributed by atoms with Crippen molar-refractivity contribution in [1.29, 1.82) is 0 Å². The van der Waals surface area contributed by atoms with Crippen LogP contribution in [-0.2, 0) is 30.1 Å². The molecule has 1 saturated heterocycles. The van der Waals surface area contributed by atoms with Gasteiger partial charge < -0.3 is 18.6 Å². The molecule has 1 heterocycles. The number of nitro benzene ring substituents is 1. The van der Waals surface area contributed by atoms with Crippen molar-refractivity contribution < 1.29 is 33.1 Å². The maximum atomic E-state index is 12.1. The third-order valence-corrected chi connectivity index (χ3v) is 11.4. The molecule has 0 radical (unpaired) electrons. The molecule has 0 aromatic heterocycles. The molecule has 2 unspecified atom stereocenters.